The summed E-state index contributed by atoms with van der Waals surface area (Å²) >= 11 is 0. The van der Waals surface area contributed by atoms with Gasteiger partial charge in [-0.1, -0.05) is 25.1 Å². The van der Waals surface area contributed by atoms with Gasteiger partial charge in [-0.15, -0.1) is 0 Å². The van der Waals surface area contributed by atoms with Crippen molar-refractivity contribution in [2.24, 2.45) is 0 Å². The molecule has 2 fully saturated rings. The maximum atomic E-state index is 15.6. The number of para-hydroxylation sites is 1. The molecule has 1 aliphatic heterocycles. The van der Waals surface area contributed by atoms with Crippen LogP contribution in [0.5, 0.6) is 5.75 Å². The van der Waals surface area contributed by atoms with E-state index in [4.69, 9.17) is 18.8 Å². The van der Waals surface area contributed by atoms with Crippen LogP contribution >= 0.6 is 8.18 Å². The zero-order chi connectivity index (χ0) is 28.2. The number of hydroxylamine groups is 1. The van der Waals surface area contributed by atoms with E-state index in [-0.39, 0.29) is 18.3 Å². The lowest BCUT2D eigenvalue weighted by Gasteiger charge is -2.24. The molecule has 39 heavy (non-hydrogen) atoms. The normalized spacial score (nSPS) is 26.5. The van der Waals surface area contributed by atoms with E-state index in [9.17, 15) is 24.1 Å². The monoisotopic (exact) mass is 568 g/mol. The Bertz CT molecular complexity index is 1270. The number of aliphatic hydroxyl groups is 1. The van der Waals surface area contributed by atoms with Gasteiger partial charge in [-0.2, -0.15) is 0 Å². The second-order valence-corrected chi connectivity index (χ2v) is 10.7. The van der Waals surface area contributed by atoms with Gasteiger partial charge in [0, 0.05) is 16.8 Å². The van der Waals surface area contributed by atoms with Gasteiger partial charge in [0.15, 0.2) is 23.7 Å². The van der Waals surface area contributed by atoms with Crippen LogP contribution in [-0.2, 0) is 23.7 Å². The van der Waals surface area contributed by atoms with Gasteiger partial charge in [-0.3, -0.25) is 24.0 Å². The largest absolute Gasteiger partial charge is 0.693 e. The number of carbonyl (C=O) groups is 1. The molecule has 1 aliphatic carbocycles. The van der Waals surface area contributed by atoms with Crippen LogP contribution in [0.2, 0.25) is 0 Å². The van der Waals surface area contributed by atoms with E-state index < -0.39 is 62.2 Å². The Morgan fingerprint density at radius 2 is 1.97 bits per heavy atom. The average molecular weight is 569 g/mol. The van der Waals surface area contributed by atoms with Crippen LogP contribution in [0.15, 0.2) is 52.2 Å². The predicted octanol–water partition coefficient (Wildman–Crippen LogP) is 2.76. The molecule has 1 unspecified atom stereocenters. The molecule has 0 spiro atoms. The Hall–Kier alpha value is -2.96. The van der Waals surface area contributed by atoms with Crippen LogP contribution in [0.3, 0.4) is 0 Å². The van der Waals surface area contributed by atoms with Crippen molar-refractivity contribution in [2.45, 2.75) is 82.2 Å². The molecule has 6 atom stereocenters. The molecule has 2 aromatic rings. The predicted molar refractivity (Wildman–Crippen MR) is 136 cm³/mol. The average Bonchev–Trinajstić information content (AvgIpc) is 3.48. The first kappa shape index (κ1) is 29.0. The molecule has 2 N–H and O–H groups in total. The van der Waals surface area contributed by atoms with Crippen molar-refractivity contribution in [3.05, 3.63) is 63.4 Å². The minimum Gasteiger partial charge on any atom is -0.461 e. The molecule has 0 amide bonds. The summed E-state index contributed by atoms with van der Waals surface area (Å²) in [7, 11) is -2.80. The molecular weight excluding hydrogens is 536 g/mol. The van der Waals surface area contributed by atoms with E-state index in [2.05, 4.69) is 0 Å². The minimum atomic E-state index is -2.80. The standard InChI is InChI=1S/C25H31FN3O9P/c1-3-18(22(32)36-16-9-7-8-10-16)29(39(34)38-17-11-5-4-6-12-17)35-15-19-21(31)25(2,26)23(37-19)28-14-13-20(30)27-24(28)33/h4-6,11-14,16,18-19,21,23,31H,3,7-10,15H2,1-2H3/p+1/t18-,19+,21+,23+,25+/m0/s1. The fourth-order valence-electron chi connectivity index (χ4n) is 4.64. The third kappa shape index (κ3) is 6.62. The summed E-state index contributed by atoms with van der Waals surface area (Å²) in [6.07, 6.45) is -0.393. The second kappa shape index (κ2) is 12.5. The van der Waals surface area contributed by atoms with Crippen molar-refractivity contribution in [3.8, 4) is 5.75 Å². The quantitative estimate of drug-likeness (QED) is 0.235. The number of nitrogens with zero attached hydrogens (tertiary/aromatic N) is 2. The van der Waals surface area contributed by atoms with Gasteiger partial charge in [0.05, 0.1) is 4.83 Å². The third-order valence-corrected chi connectivity index (χ3v) is 7.87. The van der Waals surface area contributed by atoms with Gasteiger partial charge in [-0.25, -0.2) is 13.7 Å². The summed E-state index contributed by atoms with van der Waals surface area (Å²) in [6.45, 7) is 2.19. The Morgan fingerprint density at radius 3 is 2.62 bits per heavy atom. The van der Waals surface area contributed by atoms with E-state index in [1.54, 1.807) is 37.3 Å². The second-order valence-electron chi connectivity index (χ2n) is 9.65. The lowest BCUT2D eigenvalue weighted by molar-refractivity contribution is -0.186. The highest BCUT2D eigenvalue weighted by molar-refractivity contribution is 7.36. The van der Waals surface area contributed by atoms with E-state index in [0.29, 0.717) is 0 Å². The van der Waals surface area contributed by atoms with Gasteiger partial charge in [0.2, 0.25) is 0 Å². The number of rotatable bonds is 11. The number of alkyl halides is 1. The Labute approximate surface area is 224 Å². The number of ether oxygens (including phenoxy) is 2. The number of benzene rings is 1. The molecule has 12 nitrogen and oxygen atoms in total. The molecule has 0 radical (unpaired) electrons. The highest BCUT2D eigenvalue weighted by Crippen LogP contribution is 2.42. The Kier molecular flexibility index (Phi) is 9.29. The summed E-state index contributed by atoms with van der Waals surface area (Å²) in [5, 5.41) is 10.7. The van der Waals surface area contributed by atoms with E-state index in [0.717, 1.165) is 54.3 Å². The van der Waals surface area contributed by atoms with Crippen LogP contribution < -0.4 is 15.8 Å². The zero-order valence-corrected chi connectivity index (χ0v) is 22.5. The lowest BCUT2D eigenvalue weighted by Crippen LogP contribution is -2.45. The van der Waals surface area contributed by atoms with Crippen molar-refractivity contribution in [1.29, 1.82) is 0 Å². The highest BCUT2D eigenvalue weighted by Gasteiger charge is 2.56. The summed E-state index contributed by atoms with van der Waals surface area (Å²) < 4.78 is 46.5. The number of aromatic amines is 1. The van der Waals surface area contributed by atoms with Crippen molar-refractivity contribution in [3.63, 3.8) is 0 Å². The topological polar surface area (TPSA) is 149 Å². The number of esters is 1. The van der Waals surface area contributed by atoms with Gasteiger partial charge in [0.1, 0.15) is 24.9 Å². The first-order chi connectivity index (χ1) is 18.6. The van der Waals surface area contributed by atoms with Crippen molar-refractivity contribution in [2.75, 3.05) is 6.61 Å². The number of hydrogen-bond acceptors (Lipinski definition) is 9. The molecule has 2 heterocycles. The van der Waals surface area contributed by atoms with Gasteiger partial charge < -0.3 is 14.6 Å². The van der Waals surface area contributed by atoms with E-state index >= 15 is 4.39 Å². The Balaban J connectivity index is 1.53. The SMILES string of the molecule is CC[C@@H](C(=O)OC1CCCC1)N(OC[C@H]1O[C@@H](n2ccc(=O)[nH]c2=O)[C@](C)(F)[C@@H]1O)[P+](=O)Oc1ccccc1. The van der Waals surface area contributed by atoms with Crippen molar-refractivity contribution >= 4 is 14.1 Å². The van der Waals surface area contributed by atoms with E-state index in [1.807, 2.05) is 4.98 Å². The molecule has 2 aliphatic rings. The summed E-state index contributed by atoms with van der Waals surface area (Å²) in [5.74, 6) is -0.387. The lowest BCUT2D eigenvalue weighted by atomic mass is 9.98. The number of aromatic nitrogens is 2. The molecule has 1 aromatic carbocycles. The molecule has 1 saturated heterocycles. The summed E-state index contributed by atoms with van der Waals surface area (Å²) in [4.78, 5) is 45.3. The van der Waals surface area contributed by atoms with Crippen LogP contribution in [0.1, 0.15) is 52.2 Å². The number of aliphatic hydroxyl groups excluding tert-OH is 1. The van der Waals surface area contributed by atoms with Crippen LogP contribution in [0.25, 0.3) is 0 Å². The number of nitrogens with one attached hydrogen (secondary N) is 1. The van der Waals surface area contributed by atoms with E-state index in [1.165, 1.54) is 0 Å². The summed E-state index contributed by atoms with van der Waals surface area (Å²) in [5.41, 5.74) is -4.06. The maximum Gasteiger partial charge on any atom is 0.693 e. The number of hydrogen-bond donors (Lipinski definition) is 2. The first-order valence-electron chi connectivity index (χ1n) is 12.8. The molecule has 14 heteroatoms. The fourth-order valence-corrected chi connectivity index (χ4v) is 5.67. The number of H-pyrrole nitrogens is 1. The molecule has 212 valence electrons. The number of halogens is 1. The van der Waals surface area contributed by atoms with Crippen LogP contribution in [-0.4, -0.2) is 62.1 Å². The third-order valence-electron chi connectivity index (χ3n) is 6.79. The molecular formula is C25H32FN3O9P+. The molecule has 4 rings (SSSR count). The molecule has 0 bridgehead atoms. The first-order valence-corrected chi connectivity index (χ1v) is 13.9. The van der Waals surface area contributed by atoms with Crippen molar-refractivity contribution in [1.82, 2.24) is 14.4 Å². The fraction of sp³-hybridized carbons (Fsp3) is 0.560. The van der Waals surface area contributed by atoms with Crippen LogP contribution in [0.4, 0.5) is 4.39 Å². The highest BCUT2D eigenvalue weighted by atomic mass is 31.1. The minimum absolute atomic E-state index is 0.148. The molecule has 1 saturated carbocycles. The van der Waals surface area contributed by atoms with Gasteiger partial charge >= 0.3 is 19.8 Å². The molecule has 1 aromatic heterocycles. The summed E-state index contributed by atoms with van der Waals surface area (Å²) in [6, 6.07) is 8.15. The zero-order valence-electron chi connectivity index (χ0n) is 21.6. The number of carbonyl (C=O) groups excluding carboxylic acids is 1. The van der Waals surface area contributed by atoms with Crippen LogP contribution in [0, 0.1) is 0 Å². The smallest absolute Gasteiger partial charge is 0.461 e. The van der Waals surface area contributed by atoms with Crippen molar-refractivity contribution < 1.29 is 37.7 Å². The Morgan fingerprint density at radius 1 is 1.28 bits per heavy atom. The van der Waals surface area contributed by atoms with Gasteiger partial charge in [0.25, 0.3) is 5.56 Å². The van der Waals surface area contributed by atoms with Gasteiger partial charge in [-0.05, 0) is 51.2 Å². The maximum absolute atomic E-state index is 15.6.